The van der Waals surface area contributed by atoms with Gasteiger partial charge >= 0.3 is 29.9 Å². The molecule has 2 aromatic carbocycles. The molecule has 2 unspecified atom stereocenters. The average molecular weight is 728 g/mol. The van der Waals surface area contributed by atoms with E-state index in [4.69, 9.17) is 0 Å². The van der Waals surface area contributed by atoms with Gasteiger partial charge in [-0.3, -0.25) is 0 Å². The summed E-state index contributed by atoms with van der Waals surface area (Å²) in [7, 11) is 0. The van der Waals surface area contributed by atoms with E-state index in [2.05, 4.69) is 98.7 Å². The minimum absolute atomic E-state index is 0. The van der Waals surface area contributed by atoms with Crippen molar-refractivity contribution in [2.75, 3.05) is 0 Å². The number of allylic oxidation sites excluding steroid dienone is 6. The van der Waals surface area contributed by atoms with Crippen molar-refractivity contribution in [2.24, 2.45) is 27.6 Å². The van der Waals surface area contributed by atoms with E-state index >= 15 is 0 Å². The van der Waals surface area contributed by atoms with Crippen LogP contribution in [0.4, 0.5) is 0 Å². The normalized spacial score (nSPS) is 26.6. The van der Waals surface area contributed by atoms with Gasteiger partial charge in [0.25, 0.3) is 0 Å². The van der Waals surface area contributed by atoms with Gasteiger partial charge in [-0.15, -0.1) is 6.92 Å². The van der Waals surface area contributed by atoms with Crippen molar-refractivity contribution in [1.29, 1.82) is 0 Å². The molecule has 0 aromatic heterocycles. The summed E-state index contributed by atoms with van der Waals surface area (Å²) in [5.74, 6) is 2.24. The van der Waals surface area contributed by atoms with E-state index in [1.165, 1.54) is 24.0 Å². The van der Waals surface area contributed by atoms with Crippen LogP contribution in [0.1, 0.15) is 79.4 Å². The van der Waals surface area contributed by atoms with Crippen molar-refractivity contribution >= 4 is 12.5 Å². The molecule has 0 N–H and O–H groups in total. The Hall–Kier alpha value is -0.673. The standard InChI is InChI=1S/C29H37.C5H5.2ClH.Hf.Si/c1-18-25-22-17-19-13-9-10-14-20(19)24(22)21-15-11-12-16-23(21)29(25,8)28(6,7)27(4,5)26(18,2)3;1-2-4-5-3-1;;;;/h9-11,13-15,23H,12,16-17H2,1-8H3;1-5H;2*1H;;/q2*-1;;;+2;/p-2. The maximum absolute atomic E-state index is 3.11. The molecule has 1 saturated carbocycles. The molecule has 4 aliphatic rings. The second kappa shape index (κ2) is 12.1. The first-order valence-corrected chi connectivity index (χ1v) is 19.4. The molecule has 0 amide bonds. The summed E-state index contributed by atoms with van der Waals surface area (Å²) in [5, 5.41) is 0. The summed E-state index contributed by atoms with van der Waals surface area (Å²) in [6.45, 7) is 23.4. The largest absolute Gasteiger partial charge is 0.214 e. The number of rotatable bonds is 0. The van der Waals surface area contributed by atoms with Crippen LogP contribution in [0.15, 0.2) is 83.5 Å². The Kier molecular flexibility index (Phi) is 10.6. The SMILES string of the molecule is C[C-]1C2=C3Cc4ccccc4C3=C3C=CCCC3C2(C)C(C)(C)C(C)(C)C1(C)C.[Cl-].[Cl-].[Si]=[Hf+2].c1cc[cH-]c1. The first kappa shape index (κ1) is 33.5. The van der Waals surface area contributed by atoms with Crippen molar-refractivity contribution in [3.63, 3.8) is 0 Å². The van der Waals surface area contributed by atoms with E-state index in [-0.39, 0.29) is 46.5 Å². The Bertz CT molecular complexity index is 1200. The van der Waals surface area contributed by atoms with Crippen molar-refractivity contribution < 1.29 is 47.8 Å². The van der Waals surface area contributed by atoms with Crippen LogP contribution in [0.2, 0.25) is 0 Å². The Morgan fingerprint density at radius 2 is 1.50 bits per heavy atom. The van der Waals surface area contributed by atoms with Gasteiger partial charge in [0.15, 0.2) is 0 Å². The third kappa shape index (κ3) is 4.58. The minimum Gasteiger partial charge on any atom is -0.214 e. The number of halogens is 2. The van der Waals surface area contributed by atoms with E-state index in [9.17, 15) is 0 Å². The maximum atomic E-state index is 3.11. The zero-order valence-electron chi connectivity index (χ0n) is 24.3. The first-order valence-electron chi connectivity index (χ1n) is 13.5. The van der Waals surface area contributed by atoms with Gasteiger partial charge in [-0.2, -0.15) is 29.3 Å². The van der Waals surface area contributed by atoms with E-state index in [0.29, 0.717) is 5.92 Å². The molecule has 1 fully saturated rings. The molecule has 4 aliphatic carbocycles. The van der Waals surface area contributed by atoms with Crippen LogP contribution >= 0.6 is 0 Å². The van der Waals surface area contributed by atoms with Gasteiger partial charge in [0.2, 0.25) is 0 Å². The number of fused-ring (bicyclic) bond motifs is 6. The van der Waals surface area contributed by atoms with Crippen LogP contribution in [0.3, 0.4) is 0 Å². The van der Waals surface area contributed by atoms with Gasteiger partial charge < -0.3 is 24.8 Å². The summed E-state index contributed by atoms with van der Waals surface area (Å²) in [6, 6.07) is 19.2. The molecular weight excluding hydrogens is 686 g/mol. The number of benzene rings is 1. The van der Waals surface area contributed by atoms with Gasteiger partial charge in [0, 0.05) is 0 Å². The van der Waals surface area contributed by atoms with Crippen LogP contribution in [0, 0.1) is 33.5 Å². The first-order chi connectivity index (χ1) is 17.0. The van der Waals surface area contributed by atoms with E-state index < -0.39 is 0 Å². The quantitative estimate of drug-likeness (QED) is 0.290. The molecule has 0 spiro atoms. The summed E-state index contributed by atoms with van der Waals surface area (Å²) in [4.78, 5) is 0. The molecule has 6 rings (SSSR count). The van der Waals surface area contributed by atoms with Crippen LogP contribution in [-0.4, -0.2) is 6.94 Å². The van der Waals surface area contributed by atoms with E-state index in [1.807, 2.05) is 30.3 Å². The zero-order chi connectivity index (χ0) is 26.5. The predicted octanol–water partition coefficient (Wildman–Crippen LogP) is 3.00. The fourth-order valence-electron chi connectivity index (χ4n) is 7.89. The van der Waals surface area contributed by atoms with Gasteiger partial charge in [0.1, 0.15) is 0 Å². The summed E-state index contributed by atoms with van der Waals surface area (Å²) in [5.41, 5.74) is 10.3. The molecule has 202 valence electrons. The van der Waals surface area contributed by atoms with Gasteiger partial charge in [0.05, 0.1) is 0 Å². The summed E-state index contributed by atoms with van der Waals surface area (Å²) < 4.78 is 0. The van der Waals surface area contributed by atoms with Crippen LogP contribution in [0.5, 0.6) is 0 Å². The molecule has 38 heavy (non-hydrogen) atoms. The van der Waals surface area contributed by atoms with E-state index in [1.54, 1.807) is 28.2 Å². The van der Waals surface area contributed by atoms with Gasteiger partial charge in [-0.25, -0.2) is 18.1 Å². The second-order valence-corrected chi connectivity index (χ2v) is 12.7. The van der Waals surface area contributed by atoms with Crippen LogP contribution < -0.4 is 24.8 Å². The van der Waals surface area contributed by atoms with E-state index in [0.717, 1.165) is 29.4 Å². The maximum Gasteiger partial charge on any atom is -0.172 e. The van der Waals surface area contributed by atoms with Gasteiger partial charge in [-0.05, 0) is 40.6 Å². The van der Waals surface area contributed by atoms with Crippen LogP contribution in [0.25, 0.3) is 5.57 Å². The molecule has 0 bridgehead atoms. The molecule has 2 radical (unpaired) electrons. The van der Waals surface area contributed by atoms with Crippen LogP contribution in [-0.2, 0) is 29.4 Å². The Balaban J connectivity index is 0.000000500. The van der Waals surface area contributed by atoms with Gasteiger partial charge in [-0.1, -0.05) is 113 Å². The predicted molar refractivity (Wildman–Crippen MR) is 152 cm³/mol. The third-order valence-corrected chi connectivity index (χ3v) is 11.3. The monoisotopic (exact) mass is 728 g/mol. The minimum atomic E-state index is 0. The Labute approximate surface area is 261 Å². The summed E-state index contributed by atoms with van der Waals surface area (Å²) in [6.07, 6.45) is 8.50. The molecule has 0 nitrogen and oxygen atoms in total. The Morgan fingerprint density at radius 1 is 0.895 bits per heavy atom. The third-order valence-electron chi connectivity index (χ3n) is 11.3. The molecule has 2 aromatic rings. The molecule has 2 atom stereocenters. The fourth-order valence-corrected chi connectivity index (χ4v) is 7.89. The van der Waals surface area contributed by atoms with Crippen molar-refractivity contribution in [1.82, 2.24) is 0 Å². The topological polar surface area (TPSA) is 0 Å². The fraction of sp³-hybridized carbons (Fsp3) is 0.471. The average Bonchev–Trinajstić information content (AvgIpc) is 3.56. The zero-order valence-corrected chi connectivity index (χ0v) is 30.4. The number of hydrogen-bond donors (Lipinski definition) is 0. The van der Waals surface area contributed by atoms with Crippen molar-refractivity contribution in [3.8, 4) is 0 Å². The summed E-state index contributed by atoms with van der Waals surface area (Å²) >= 11 is 1.11. The van der Waals surface area contributed by atoms with Crippen molar-refractivity contribution in [3.05, 3.63) is 101 Å². The molecule has 0 aliphatic heterocycles. The Morgan fingerprint density at radius 3 is 2.08 bits per heavy atom. The molecule has 0 heterocycles. The number of hydrogen-bond acceptors (Lipinski definition) is 0. The smallest absolute Gasteiger partial charge is 0.172 e. The second-order valence-electron chi connectivity index (χ2n) is 12.7. The molecule has 0 saturated heterocycles. The molecule has 4 heteroatoms. The molecular formula is C34H42Cl2HfSi-2. The van der Waals surface area contributed by atoms with Crippen molar-refractivity contribution in [2.45, 2.75) is 74.7 Å².